The molecule has 8 aromatic rings. The van der Waals surface area contributed by atoms with Gasteiger partial charge in [-0.15, -0.1) is 0 Å². The van der Waals surface area contributed by atoms with Crippen molar-refractivity contribution in [3.63, 3.8) is 0 Å². The first-order chi connectivity index (χ1) is 24.6. The highest BCUT2D eigenvalue weighted by molar-refractivity contribution is 9.11. The molecule has 0 amide bonds. The Labute approximate surface area is 326 Å². The maximum atomic E-state index is 11.9. The zero-order valence-electron chi connectivity index (χ0n) is 26.5. The number of rotatable bonds is 6. The van der Waals surface area contributed by atoms with Crippen LogP contribution in [0.2, 0.25) is 0 Å². The van der Waals surface area contributed by atoms with Crippen LogP contribution in [-0.2, 0) is 18.0 Å². The highest BCUT2D eigenvalue weighted by Gasteiger charge is 2.23. The van der Waals surface area contributed by atoms with Gasteiger partial charge in [-0.05, 0) is 116 Å². The number of ether oxygens (including phenoxy) is 1. The molecule has 252 valence electrons. The summed E-state index contributed by atoms with van der Waals surface area (Å²) in [4.78, 5) is 0. The third-order valence-corrected chi connectivity index (χ3v) is 11.2. The van der Waals surface area contributed by atoms with Crippen LogP contribution in [0.1, 0.15) is 11.1 Å². The molecule has 0 spiro atoms. The van der Waals surface area contributed by atoms with Gasteiger partial charge in [-0.25, -0.2) is 0 Å². The SMILES string of the molecule is Oc1ccc2cc(Br)ccc2c1-c1c(O)c(COCc2cc3cc(Br)ccc3c(-c3c(O)ccc4cc(Br)ccc34)c2O)cc2cc(Br)ccc12. The summed E-state index contributed by atoms with van der Waals surface area (Å²) in [6.45, 7) is 0.0222. The summed E-state index contributed by atoms with van der Waals surface area (Å²) in [5.41, 5.74) is 3.09. The summed E-state index contributed by atoms with van der Waals surface area (Å²) in [6.07, 6.45) is 0. The van der Waals surface area contributed by atoms with Gasteiger partial charge in [0.05, 0.1) is 13.2 Å². The third-order valence-electron chi connectivity index (χ3n) is 9.24. The van der Waals surface area contributed by atoms with Crippen molar-refractivity contribution in [2.45, 2.75) is 13.2 Å². The van der Waals surface area contributed by atoms with Gasteiger partial charge in [0.15, 0.2) is 0 Å². The first kappa shape index (κ1) is 34.0. The Morgan fingerprint density at radius 1 is 0.373 bits per heavy atom. The lowest BCUT2D eigenvalue weighted by atomic mass is 9.90. The van der Waals surface area contributed by atoms with Gasteiger partial charge < -0.3 is 25.2 Å². The fourth-order valence-corrected chi connectivity index (χ4v) is 8.47. The molecule has 8 rings (SSSR count). The zero-order valence-corrected chi connectivity index (χ0v) is 32.9. The number of hydrogen-bond donors (Lipinski definition) is 4. The Hall–Kier alpha value is -4.12. The lowest BCUT2D eigenvalue weighted by Gasteiger charge is -2.19. The molecule has 0 aromatic heterocycles. The second kappa shape index (κ2) is 13.5. The summed E-state index contributed by atoms with van der Waals surface area (Å²) in [6, 6.07) is 33.9. The van der Waals surface area contributed by atoms with Crippen LogP contribution >= 0.6 is 63.7 Å². The minimum Gasteiger partial charge on any atom is -0.507 e. The molecule has 0 aliphatic carbocycles. The molecular formula is C42H26Br4O5. The lowest BCUT2D eigenvalue weighted by Crippen LogP contribution is -1.99. The van der Waals surface area contributed by atoms with Gasteiger partial charge in [0.25, 0.3) is 0 Å². The molecular weight excluding hydrogens is 904 g/mol. The third kappa shape index (κ3) is 6.15. The van der Waals surface area contributed by atoms with Gasteiger partial charge in [0.1, 0.15) is 23.0 Å². The summed E-state index contributed by atoms with van der Waals surface area (Å²) >= 11 is 14.3. The molecule has 0 saturated carbocycles. The molecule has 0 unspecified atom stereocenters. The van der Waals surface area contributed by atoms with Crippen molar-refractivity contribution in [2.24, 2.45) is 0 Å². The van der Waals surface area contributed by atoms with E-state index in [2.05, 4.69) is 63.7 Å². The molecule has 0 atom stereocenters. The number of fused-ring (bicyclic) bond motifs is 4. The average molecular weight is 930 g/mol. The lowest BCUT2D eigenvalue weighted by molar-refractivity contribution is 0.104. The van der Waals surface area contributed by atoms with E-state index in [9.17, 15) is 20.4 Å². The van der Waals surface area contributed by atoms with E-state index in [1.165, 1.54) is 0 Å². The molecule has 0 aliphatic heterocycles. The minimum atomic E-state index is -0.00488. The monoisotopic (exact) mass is 926 g/mol. The smallest absolute Gasteiger partial charge is 0.129 e. The molecule has 8 aromatic carbocycles. The van der Waals surface area contributed by atoms with Crippen LogP contribution in [0.3, 0.4) is 0 Å². The predicted octanol–water partition coefficient (Wildman–Crippen LogP) is 13.2. The van der Waals surface area contributed by atoms with Crippen LogP contribution in [-0.4, -0.2) is 20.4 Å². The highest BCUT2D eigenvalue weighted by atomic mass is 79.9. The van der Waals surface area contributed by atoms with Crippen molar-refractivity contribution in [3.8, 4) is 45.3 Å². The van der Waals surface area contributed by atoms with Crippen molar-refractivity contribution < 1.29 is 25.2 Å². The fraction of sp³-hybridized carbons (Fsp3) is 0.0476. The van der Waals surface area contributed by atoms with Crippen LogP contribution in [0.5, 0.6) is 23.0 Å². The summed E-state index contributed by atoms with van der Waals surface area (Å²) < 4.78 is 9.84. The van der Waals surface area contributed by atoms with E-state index in [1.807, 2.05) is 97.1 Å². The Kier molecular flexibility index (Phi) is 8.97. The van der Waals surface area contributed by atoms with E-state index in [0.717, 1.165) is 61.0 Å². The molecule has 0 bridgehead atoms. The van der Waals surface area contributed by atoms with Crippen LogP contribution in [0.25, 0.3) is 65.3 Å². The number of phenols is 4. The van der Waals surface area contributed by atoms with Crippen molar-refractivity contribution in [1.82, 2.24) is 0 Å². The molecule has 0 fully saturated rings. The fourth-order valence-electron chi connectivity index (χ4n) is 6.95. The second-order valence-corrected chi connectivity index (χ2v) is 16.1. The van der Waals surface area contributed by atoms with E-state index in [-0.39, 0.29) is 36.2 Å². The molecule has 51 heavy (non-hydrogen) atoms. The van der Waals surface area contributed by atoms with Gasteiger partial charge >= 0.3 is 0 Å². The maximum absolute atomic E-state index is 11.9. The van der Waals surface area contributed by atoms with E-state index < -0.39 is 0 Å². The van der Waals surface area contributed by atoms with Crippen molar-refractivity contribution in [2.75, 3.05) is 0 Å². The highest BCUT2D eigenvalue weighted by Crippen LogP contribution is 2.49. The van der Waals surface area contributed by atoms with Gasteiger partial charge in [-0.2, -0.15) is 0 Å². The predicted molar refractivity (Wildman–Crippen MR) is 220 cm³/mol. The number of aromatic hydroxyl groups is 4. The molecule has 0 saturated heterocycles. The summed E-state index contributed by atoms with van der Waals surface area (Å²) in [7, 11) is 0. The molecule has 4 N–H and O–H groups in total. The normalized spacial score (nSPS) is 11.7. The molecule has 9 heteroatoms. The van der Waals surface area contributed by atoms with Crippen LogP contribution < -0.4 is 0 Å². The van der Waals surface area contributed by atoms with Crippen molar-refractivity contribution >= 4 is 107 Å². The first-order valence-corrected chi connectivity index (χ1v) is 19.0. The van der Waals surface area contributed by atoms with Crippen LogP contribution in [0.4, 0.5) is 0 Å². The molecule has 0 aliphatic rings. The summed E-state index contributed by atoms with van der Waals surface area (Å²) in [5.74, 6) is 0.0851. The zero-order chi connectivity index (χ0) is 35.6. The van der Waals surface area contributed by atoms with Crippen LogP contribution in [0, 0.1) is 0 Å². The van der Waals surface area contributed by atoms with E-state index in [1.54, 1.807) is 12.1 Å². The van der Waals surface area contributed by atoms with Gasteiger partial charge in [0, 0.05) is 51.3 Å². The number of benzene rings is 8. The van der Waals surface area contributed by atoms with Gasteiger partial charge in [0.2, 0.25) is 0 Å². The number of phenolic OH excluding ortho intramolecular Hbond substituents is 4. The quantitative estimate of drug-likeness (QED) is 0.133. The van der Waals surface area contributed by atoms with E-state index >= 15 is 0 Å². The molecule has 0 radical (unpaired) electrons. The molecule has 5 nitrogen and oxygen atoms in total. The molecule has 0 heterocycles. The van der Waals surface area contributed by atoms with Crippen LogP contribution in [0.15, 0.2) is 127 Å². The Bertz CT molecular complexity index is 2540. The van der Waals surface area contributed by atoms with Crippen molar-refractivity contribution in [1.29, 1.82) is 0 Å². The van der Waals surface area contributed by atoms with Gasteiger partial charge in [-0.3, -0.25) is 0 Å². The Morgan fingerprint density at radius 3 is 1.08 bits per heavy atom. The van der Waals surface area contributed by atoms with E-state index in [0.29, 0.717) is 33.4 Å². The first-order valence-electron chi connectivity index (χ1n) is 15.9. The summed E-state index contributed by atoms with van der Waals surface area (Å²) in [5, 5.41) is 52.9. The Balaban J connectivity index is 1.24. The Morgan fingerprint density at radius 2 is 0.706 bits per heavy atom. The van der Waals surface area contributed by atoms with Gasteiger partial charge in [-0.1, -0.05) is 100 Å². The average Bonchev–Trinajstić information content (AvgIpc) is 3.10. The standard InChI is InChI=1S/C42H26Br4O5/c43-27-3-7-31-21(15-27)1-11-35(47)37(31)39-33-9-5-29(45)17-23(33)13-25(41(39)49)19-51-20-26-14-24-18-30(46)6-10-34(24)40(42(26)50)38-32-8-4-28(44)16-22(32)2-12-36(38)48/h1-18,47-50H,19-20H2. The number of halogens is 4. The maximum Gasteiger partial charge on any atom is 0.129 e. The minimum absolute atomic E-state index is 0.00488. The number of hydrogen-bond acceptors (Lipinski definition) is 5. The van der Waals surface area contributed by atoms with E-state index in [4.69, 9.17) is 4.74 Å². The second-order valence-electron chi connectivity index (χ2n) is 12.4. The largest absolute Gasteiger partial charge is 0.507 e. The van der Waals surface area contributed by atoms with Crippen molar-refractivity contribution in [3.05, 3.63) is 138 Å². The topological polar surface area (TPSA) is 90.2 Å².